The number of ether oxygens (including phenoxy) is 2. The number of carbonyl (C=O) groups is 1. The van der Waals surface area contributed by atoms with Crippen molar-refractivity contribution in [2.45, 2.75) is 38.1 Å². The number of hydrogen-bond donors (Lipinski definition) is 0. The van der Waals surface area contributed by atoms with Gasteiger partial charge in [0.25, 0.3) is 5.91 Å². The maximum atomic E-state index is 13.5. The first kappa shape index (κ1) is 23.4. The van der Waals surface area contributed by atoms with Crippen molar-refractivity contribution in [1.29, 1.82) is 5.26 Å². The summed E-state index contributed by atoms with van der Waals surface area (Å²) < 4.78 is 11.6. The molecular formula is C25H24BrN3O3S. The monoisotopic (exact) mass is 525 g/mol. The molecule has 1 saturated carbocycles. The Morgan fingerprint density at radius 2 is 2.00 bits per heavy atom. The lowest BCUT2D eigenvalue weighted by Crippen LogP contribution is -2.40. The van der Waals surface area contributed by atoms with Gasteiger partial charge in [0.15, 0.2) is 23.3 Å². The molecule has 6 nitrogen and oxygen atoms in total. The van der Waals surface area contributed by atoms with Crippen molar-refractivity contribution in [2.24, 2.45) is 4.99 Å². The van der Waals surface area contributed by atoms with Gasteiger partial charge in [0.2, 0.25) is 0 Å². The zero-order chi connectivity index (χ0) is 23.2. The van der Waals surface area contributed by atoms with E-state index in [-0.39, 0.29) is 18.6 Å². The van der Waals surface area contributed by atoms with Gasteiger partial charge < -0.3 is 9.47 Å². The van der Waals surface area contributed by atoms with Gasteiger partial charge in [-0.3, -0.25) is 9.69 Å². The van der Waals surface area contributed by atoms with E-state index < -0.39 is 0 Å². The molecule has 1 aliphatic heterocycles. The Morgan fingerprint density at radius 3 is 2.70 bits per heavy atom. The van der Waals surface area contributed by atoms with Crippen molar-refractivity contribution in [1.82, 2.24) is 4.90 Å². The Kier molecular flexibility index (Phi) is 7.73. The number of nitrogens with zero attached hydrogens (tertiary/aromatic N) is 3. The Bertz CT molecular complexity index is 1120. The number of methoxy groups -OCH3 is 1. The van der Waals surface area contributed by atoms with Crippen LogP contribution in [-0.4, -0.2) is 35.7 Å². The van der Waals surface area contributed by atoms with Crippen LogP contribution in [0.4, 0.5) is 5.69 Å². The lowest BCUT2D eigenvalue weighted by molar-refractivity contribution is -0.124. The third kappa shape index (κ3) is 5.43. The average Bonchev–Trinajstić information content (AvgIpc) is 3.13. The van der Waals surface area contributed by atoms with Crippen LogP contribution < -0.4 is 9.47 Å². The highest BCUT2D eigenvalue weighted by atomic mass is 79.9. The summed E-state index contributed by atoms with van der Waals surface area (Å²) in [4.78, 5) is 20.8. The van der Waals surface area contributed by atoms with Crippen LogP contribution >= 0.6 is 27.7 Å². The number of rotatable bonds is 6. The van der Waals surface area contributed by atoms with Crippen molar-refractivity contribution in [3.63, 3.8) is 0 Å². The van der Waals surface area contributed by atoms with Gasteiger partial charge in [-0.1, -0.05) is 37.5 Å². The number of carbonyl (C=O) groups excluding carboxylic acids is 1. The first-order chi connectivity index (χ1) is 16.1. The molecule has 2 aromatic rings. The minimum Gasteiger partial charge on any atom is -0.493 e. The first-order valence-corrected chi connectivity index (χ1v) is 12.5. The number of para-hydroxylation sites is 1. The van der Waals surface area contributed by atoms with Gasteiger partial charge in [0.1, 0.15) is 6.07 Å². The van der Waals surface area contributed by atoms with Crippen molar-refractivity contribution >= 4 is 50.5 Å². The number of amidine groups is 1. The second-order valence-electron chi connectivity index (χ2n) is 7.79. The molecular weight excluding hydrogens is 502 g/mol. The second kappa shape index (κ2) is 10.9. The summed E-state index contributed by atoms with van der Waals surface area (Å²) in [5.41, 5.74) is 1.63. The minimum absolute atomic E-state index is 0.0125. The van der Waals surface area contributed by atoms with E-state index in [0.717, 1.165) is 42.1 Å². The van der Waals surface area contributed by atoms with Crippen LogP contribution in [0, 0.1) is 11.3 Å². The molecule has 2 aliphatic rings. The van der Waals surface area contributed by atoms with Gasteiger partial charge in [-0.05, 0) is 76.4 Å². The van der Waals surface area contributed by atoms with Crippen molar-refractivity contribution < 1.29 is 14.3 Å². The highest BCUT2D eigenvalue weighted by molar-refractivity contribution is 9.10. The molecule has 0 atom stereocenters. The van der Waals surface area contributed by atoms with Gasteiger partial charge in [-0.2, -0.15) is 5.26 Å². The van der Waals surface area contributed by atoms with Crippen LogP contribution in [0.15, 0.2) is 56.8 Å². The molecule has 0 unspecified atom stereocenters. The van der Waals surface area contributed by atoms with Crippen LogP contribution in [0.1, 0.15) is 37.7 Å². The molecule has 2 aromatic carbocycles. The molecule has 0 bridgehead atoms. The normalized spacial score (nSPS) is 19.2. The van der Waals surface area contributed by atoms with Crippen molar-refractivity contribution in [2.75, 3.05) is 13.7 Å². The molecule has 4 rings (SSSR count). The fourth-order valence-electron chi connectivity index (χ4n) is 4.06. The highest BCUT2D eigenvalue weighted by Crippen LogP contribution is 2.41. The van der Waals surface area contributed by atoms with Crippen LogP contribution in [0.5, 0.6) is 11.5 Å². The topological polar surface area (TPSA) is 74.9 Å². The molecule has 0 aromatic heterocycles. The molecule has 170 valence electrons. The lowest BCUT2D eigenvalue weighted by Gasteiger charge is -2.30. The fourth-order valence-corrected chi connectivity index (χ4v) is 5.69. The molecule has 1 aliphatic carbocycles. The zero-order valence-electron chi connectivity index (χ0n) is 18.3. The lowest BCUT2D eigenvalue weighted by atomic mass is 9.94. The smallest absolute Gasteiger partial charge is 0.267 e. The van der Waals surface area contributed by atoms with E-state index in [1.165, 1.54) is 18.2 Å². The number of benzene rings is 2. The summed E-state index contributed by atoms with van der Waals surface area (Å²) in [5.74, 6) is 0.937. The molecule has 33 heavy (non-hydrogen) atoms. The Morgan fingerprint density at radius 1 is 1.24 bits per heavy atom. The predicted octanol–water partition coefficient (Wildman–Crippen LogP) is 6.30. The van der Waals surface area contributed by atoms with Crippen LogP contribution in [-0.2, 0) is 4.79 Å². The largest absolute Gasteiger partial charge is 0.493 e. The van der Waals surface area contributed by atoms with E-state index in [9.17, 15) is 4.79 Å². The summed E-state index contributed by atoms with van der Waals surface area (Å²) in [6.45, 7) is -0.0839. The summed E-state index contributed by atoms with van der Waals surface area (Å²) >= 11 is 4.90. The quantitative estimate of drug-likeness (QED) is 0.413. The van der Waals surface area contributed by atoms with Crippen molar-refractivity contribution in [3.05, 3.63) is 57.4 Å². The van der Waals surface area contributed by atoms with E-state index >= 15 is 0 Å². The van der Waals surface area contributed by atoms with Gasteiger partial charge in [-0.25, -0.2) is 4.99 Å². The Hall–Kier alpha value is -2.76. The van der Waals surface area contributed by atoms with Gasteiger partial charge in [-0.15, -0.1) is 0 Å². The molecule has 8 heteroatoms. The second-order valence-corrected chi connectivity index (χ2v) is 9.65. The fraction of sp³-hybridized carbons (Fsp3) is 0.320. The SMILES string of the molecule is COc1cc(/C=C2\SC(=Nc3ccccc3)N(C3CCCCC3)C2=O)cc(Br)c1OCC#N. The maximum absolute atomic E-state index is 13.5. The van der Waals surface area contributed by atoms with E-state index in [2.05, 4.69) is 15.9 Å². The van der Waals surface area contributed by atoms with Gasteiger partial charge in [0, 0.05) is 6.04 Å². The molecule has 1 saturated heterocycles. The summed E-state index contributed by atoms with van der Waals surface area (Å²) in [6.07, 6.45) is 7.33. The standard InChI is InChI=1S/C25H24BrN3O3S/c1-31-21-15-17(14-20(26)23(21)32-13-12-27)16-22-24(30)29(19-10-6-3-7-11-19)25(33-22)28-18-8-4-2-5-9-18/h2,4-5,8-9,14-16,19H,3,6-7,10-11,13H2,1H3/b22-16-,28-25?. The molecule has 2 fully saturated rings. The maximum Gasteiger partial charge on any atom is 0.267 e. The Balaban J connectivity index is 1.69. The Labute approximate surface area is 206 Å². The summed E-state index contributed by atoms with van der Waals surface area (Å²) in [6, 6.07) is 15.5. The highest BCUT2D eigenvalue weighted by Gasteiger charge is 2.38. The number of nitriles is 1. The average molecular weight is 526 g/mol. The third-order valence-corrected chi connectivity index (χ3v) is 7.16. The van der Waals surface area contributed by atoms with Crippen molar-refractivity contribution in [3.8, 4) is 17.6 Å². The van der Waals surface area contributed by atoms with E-state index in [4.69, 9.17) is 19.7 Å². The van der Waals surface area contributed by atoms with E-state index in [0.29, 0.717) is 20.9 Å². The number of hydrogen-bond acceptors (Lipinski definition) is 6. The molecule has 0 spiro atoms. The molecule has 0 N–H and O–H groups in total. The molecule has 0 radical (unpaired) electrons. The predicted molar refractivity (Wildman–Crippen MR) is 135 cm³/mol. The van der Waals surface area contributed by atoms with Crippen LogP contribution in [0.25, 0.3) is 6.08 Å². The number of thioether (sulfide) groups is 1. The van der Waals surface area contributed by atoms with Crippen LogP contribution in [0.3, 0.4) is 0 Å². The third-order valence-electron chi connectivity index (χ3n) is 5.59. The number of amides is 1. The summed E-state index contributed by atoms with van der Waals surface area (Å²) in [7, 11) is 1.54. The minimum atomic E-state index is -0.0839. The molecule has 1 amide bonds. The van der Waals surface area contributed by atoms with E-state index in [1.54, 1.807) is 13.2 Å². The molecule has 1 heterocycles. The van der Waals surface area contributed by atoms with E-state index in [1.807, 2.05) is 53.4 Å². The number of halogens is 1. The van der Waals surface area contributed by atoms with Gasteiger partial charge in [0.05, 0.1) is 22.2 Å². The zero-order valence-corrected chi connectivity index (χ0v) is 20.7. The number of aliphatic imine (C=N–C) groups is 1. The van der Waals surface area contributed by atoms with Gasteiger partial charge >= 0.3 is 0 Å². The van der Waals surface area contributed by atoms with Crippen LogP contribution in [0.2, 0.25) is 0 Å². The first-order valence-electron chi connectivity index (χ1n) is 10.8. The summed E-state index contributed by atoms with van der Waals surface area (Å²) in [5, 5.41) is 9.55.